The van der Waals surface area contributed by atoms with Crippen molar-refractivity contribution in [2.45, 2.75) is 38.2 Å². The molecule has 0 bridgehead atoms. The van der Waals surface area contributed by atoms with Crippen LogP contribution < -0.4 is 15.8 Å². The fourth-order valence-corrected chi connectivity index (χ4v) is 2.67. The van der Waals surface area contributed by atoms with Crippen LogP contribution in [0.15, 0.2) is 12.1 Å². The van der Waals surface area contributed by atoms with Crippen LogP contribution in [-0.2, 0) is 16.0 Å². The first-order valence-electron chi connectivity index (χ1n) is 7.19. The van der Waals surface area contributed by atoms with E-state index in [4.69, 9.17) is 15.2 Å². The third-order valence-electron chi connectivity index (χ3n) is 3.83. The number of carbonyl (C=O) groups is 1. The predicted molar refractivity (Wildman–Crippen MR) is 76.9 cm³/mol. The van der Waals surface area contributed by atoms with Crippen molar-refractivity contribution in [1.29, 1.82) is 0 Å². The summed E-state index contributed by atoms with van der Waals surface area (Å²) in [4.78, 5) is 11.4. The van der Waals surface area contributed by atoms with Gasteiger partial charge in [-0.05, 0) is 43.4 Å². The third-order valence-corrected chi connectivity index (χ3v) is 3.83. The van der Waals surface area contributed by atoms with E-state index in [9.17, 15) is 4.79 Å². The normalized spacial score (nSPS) is 22.0. The van der Waals surface area contributed by atoms with E-state index in [1.165, 1.54) is 6.42 Å². The van der Waals surface area contributed by atoms with Crippen LogP contribution in [0.5, 0.6) is 5.75 Å². The Morgan fingerprint density at radius 3 is 3.05 bits per heavy atom. The molecule has 5 heteroatoms. The first-order valence-corrected chi connectivity index (χ1v) is 7.19. The van der Waals surface area contributed by atoms with Crippen LogP contribution in [0.2, 0.25) is 0 Å². The lowest BCUT2D eigenvalue weighted by Crippen LogP contribution is -2.26. The zero-order valence-electron chi connectivity index (χ0n) is 11.5. The topological polar surface area (TPSA) is 73.6 Å². The maximum Gasteiger partial charge on any atom is 0.224 e. The van der Waals surface area contributed by atoms with Gasteiger partial charge in [0.25, 0.3) is 0 Å². The molecule has 108 valence electrons. The zero-order valence-corrected chi connectivity index (χ0v) is 11.5. The Morgan fingerprint density at radius 2 is 2.25 bits per heavy atom. The van der Waals surface area contributed by atoms with E-state index in [1.807, 2.05) is 6.07 Å². The van der Waals surface area contributed by atoms with E-state index < -0.39 is 0 Å². The van der Waals surface area contributed by atoms with E-state index in [0.717, 1.165) is 37.1 Å². The molecule has 1 saturated heterocycles. The maximum absolute atomic E-state index is 11.4. The highest BCUT2D eigenvalue weighted by Gasteiger charge is 2.19. The first kappa shape index (κ1) is 13.2. The molecule has 0 aromatic heterocycles. The molecule has 0 aliphatic carbocycles. The summed E-state index contributed by atoms with van der Waals surface area (Å²) < 4.78 is 11.4. The van der Waals surface area contributed by atoms with Crippen LogP contribution in [0.25, 0.3) is 0 Å². The van der Waals surface area contributed by atoms with E-state index in [-0.39, 0.29) is 12.0 Å². The molecule has 3 N–H and O–H groups in total. The molecule has 1 fully saturated rings. The smallest absolute Gasteiger partial charge is 0.224 e. The van der Waals surface area contributed by atoms with E-state index in [0.29, 0.717) is 24.5 Å². The average molecular weight is 276 g/mol. The molecule has 1 amide bonds. The quantitative estimate of drug-likeness (QED) is 0.829. The summed E-state index contributed by atoms with van der Waals surface area (Å²) in [6.45, 7) is 1.36. The van der Waals surface area contributed by atoms with Gasteiger partial charge in [0.05, 0.1) is 11.8 Å². The fourth-order valence-electron chi connectivity index (χ4n) is 2.67. The van der Waals surface area contributed by atoms with Gasteiger partial charge >= 0.3 is 0 Å². The van der Waals surface area contributed by atoms with Crippen LogP contribution in [0, 0.1) is 0 Å². The molecule has 2 heterocycles. The summed E-state index contributed by atoms with van der Waals surface area (Å²) in [6, 6.07) is 3.72. The third kappa shape index (κ3) is 2.88. The fraction of sp³-hybridized carbons (Fsp3) is 0.533. The van der Waals surface area contributed by atoms with E-state index in [1.54, 1.807) is 6.07 Å². The standard InChI is InChI=1S/C15H20N2O3/c16-12-8-13-10(4-5-15(18)17-13)7-14(12)20-9-11-3-1-2-6-19-11/h7-8,11H,1-6,9,16H2,(H,17,18). The van der Waals surface area contributed by atoms with Crippen LogP contribution in [0.4, 0.5) is 11.4 Å². The zero-order chi connectivity index (χ0) is 13.9. The second kappa shape index (κ2) is 5.71. The molecular weight excluding hydrogens is 256 g/mol. The molecule has 0 radical (unpaired) electrons. The highest BCUT2D eigenvalue weighted by Crippen LogP contribution is 2.32. The molecule has 2 aliphatic rings. The predicted octanol–water partition coefficient (Wildman–Crippen LogP) is 2.10. The summed E-state index contributed by atoms with van der Waals surface area (Å²) >= 11 is 0. The lowest BCUT2D eigenvalue weighted by Gasteiger charge is -2.24. The number of nitrogens with two attached hydrogens (primary N) is 1. The van der Waals surface area contributed by atoms with Gasteiger partial charge in [0.1, 0.15) is 12.4 Å². The maximum atomic E-state index is 11.4. The van der Waals surface area contributed by atoms with Crippen LogP contribution in [0.3, 0.4) is 0 Å². The number of nitrogen functional groups attached to an aromatic ring is 1. The van der Waals surface area contributed by atoms with Gasteiger partial charge in [-0.15, -0.1) is 0 Å². The Hall–Kier alpha value is -1.75. The van der Waals surface area contributed by atoms with E-state index >= 15 is 0 Å². The second-order valence-electron chi connectivity index (χ2n) is 5.39. The number of nitrogens with one attached hydrogen (secondary N) is 1. The number of rotatable bonds is 3. The van der Waals surface area contributed by atoms with Crippen molar-refractivity contribution in [3.63, 3.8) is 0 Å². The molecule has 1 unspecified atom stereocenters. The van der Waals surface area contributed by atoms with Crippen molar-refractivity contribution in [2.75, 3.05) is 24.3 Å². The highest BCUT2D eigenvalue weighted by molar-refractivity contribution is 5.94. The summed E-state index contributed by atoms with van der Waals surface area (Å²) in [6.07, 6.45) is 4.79. The number of hydrogen-bond donors (Lipinski definition) is 2. The molecule has 20 heavy (non-hydrogen) atoms. The number of fused-ring (bicyclic) bond motifs is 1. The number of hydrogen-bond acceptors (Lipinski definition) is 4. The number of carbonyl (C=O) groups excluding carboxylic acids is 1. The second-order valence-corrected chi connectivity index (χ2v) is 5.39. The van der Waals surface area contributed by atoms with Crippen LogP contribution in [0.1, 0.15) is 31.2 Å². The monoisotopic (exact) mass is 276 g/mol. The Balaban J connectivity index is 1.68. The lowest BCUT2D eigenvalue weighted by molar-refractivity contribution is -0.116. The van der Waals surface area contributed by atoms with Gasteiger partial charge in [0.2, 0.25) is 5.91 Å². The van der Waals surface area contributed by atoms with Crippen molar-refractivity contribution < 1.29 is 14.3 Å². The van der Waals surface area contributed by atoms with Gasteiger partial charge in [-0.1, -0.05) is 0 Å². The van der Waals surface area contributed by atoms with Gasteiger partial charge in [-0.2, -0.15) is 0 Å². The van der Waals surface area contributed by atoms with Gasteiger partial charge in [0.15, 0.2) is 0 Å². The molecule has 3 rings (SSSR count). The molecular formula is C15H20N2O3. The minimum atomic E-state index is 0.0428. The lowest BCUT2D eigenvalue weighted by atomic mass is 10.0. The van der Waals surface area contributed by atoms with Gasteiger partial charge < -0.3 is 20.5 Å². The number of amides is 1. The number of aryl methyl sites for hydroxylation is 1. The van der Waals surface area contributed by atoms with Crippen LogP contribution >= 0.6 is 0 Å². The van der Waals surface area contributed by atoms with Crippen molar-refractivity contribution in [3.8, 4) is 5.75 Å². The molecule has 1 atom stereocenters. The summed E-state index contributed by atoms with van der Waals surface area (Å²) in [5, 5.41) is 2.83. The Bertz CT molecular complexity index is 510. The molecule has 2 aliphatic heterocycles. The van der Waals surface area contributed by atoms with Gasteiger partial charge in [-0.25, -0.2) is 0 Å². The van der Waals surface area contributed by atoms with Crippen molar-refractivity contribution in [1.82, 2.24) is 0 Å². The Kier molecular flexibility index (Phi) is 3.78. The highest BCUT2D eigenvalue weighted by atomic mass is 16.5. The summed E-state index contributed by atoms with van der Waals surface area (Å²) in [5.74, 6) is 0.732. The first-order chi connectivity index (χ1) is 9.72. The summed E-state index contributed by atoms with van der Waals surface area (Å²) in [7, 11) is 0. The number of anilines is 2. The minimum Gasteiger partial charge on any atom is -0.489 e. The van der Waals surface area contributed by atoms with Crippen LogP contribution in [-0.4, -0.2) is 25.2 Å². The van der Waals surface area contributed by atoms with Gasteiger partial charge in [-0.3, -0.25) is 4.79 Å². The van der Waals surface area contributed by atoms with Crippen molar-refractivity contribution in [3.05, 3.63) is 17.7 Å². The molecule has 0 spiro atoms. The SMILES string of the molecule is Nc1cc2c(cc1OCC1CCCCO1)CCC(=O)N2. The average Bonchev–Trinajstić information content (AvgIpc) is 2.46. The molecule has 0 saturated carbocycles. The minimum absolute atomic E-state index is 0.0428. The number of ether oxygens (including phenoxy) is 2. The van der Waals surface area contributed by atoms with E-state index in [2.05, 4.69) is 5.32 Å². The molecule has 5 nitrogen and oxygen atoms in total. The van der Waals surface area contributed by atoms with Crippen molar-refractivity contribution >= 4 is 17.3 Å². The number of benzene rings is 1. The Morgan fingerprint density at radius 1 is 1.35 bits per heavy atom. The van der Waals surface area contributed by atoms with Gasteiger partial charge in [0, 0.05) is 18.7 Å². The Labute approximate surface area is 118 Å². The summed E-state index contributed by atoms with van der Waals surface area (Å²) in [5.41, 5.74) is 8.43. The largest absolute Gasteiger partial charge is 0.489 e. The van der Waals surface area contributed by atoms with Crippen molar-refractivity contribution in [2.24, 2.45) is 0 Å². The molecule has 1 aromatic carbocycles. The molecule has 1 aromatic rings.